The first-order chi connectivity index (χ1) is 7.18. The summed E-state index contributed by atoms with van der Waals surface area (Å²) in [7, 11) is 0. The van der Waals surface area contributed by atoms with Gasteiger partial charge in [-0.15, -0.1) is 0 Å². The van der Waals surface area contributed by atoms with E-state index in [0.717, 1.165) is 0 Å². The molecular formula is C10H5Cl2FN2. The SMILES string of the molecule is Fc1c(Cl)ncnc1-c1cccc(Cl)c1. The molecule has 0 unspecified atom stereocenters. The maximum absolute atomic E-state index is 13.5. The number of nitrogens with zero attached hydrogens (tertiary/aromatic N) is 2. The lowest BCUT2D eigenvalue weighted by molar-refractivity contribution is 0.618. The van der Waals surface area contributed by atoms with Gasteiger partial charge in [0.15, 0.2) is 11.0 Å². The Morgan fingerprint density at radius 3 is 2.67 bits per heavy atom. The monoisotopic (exact) mass is 242 g/mol. The average Bonchev–Trinajstić information content (AvgIpc) is 2.22. The third kappa shape index (κ3) is 2.08. The Labute approximate surface area is 95.7 Å². The lowest BCUT2D eigenvalue weighted by Gasteiger charge is -2.02. The second-order valence-electron chi connectivity index (χ2n) is 2.84. The Kier molecular flexibility index (Phi) is 2.84. The minimum Gasteiger partial charge on any atom is -0.233 e. The molecule has 1 heterocycles. The Balaban J connectivity index is 2.59. The first-order valence-corrected chi connectivity index (χ1v) is 4.86. The highest BCUT2D eigenvalue weighted by atomic mass is 35.5. The number of halogens is 3. The summed E-state index contributed by atoms with van der Waals surface area (Å²) in [4.78, 5) is 7.35. The molecule has 0 atom stereocenters. The third-order valence-corrected chi connectivity index (χ3v) is 2.34. The van der Waals surface area contributed by atoms with Crippen molar-refractivity contribution >= 4 is 23.2 Å². The largest absolute Gasteiger partial charge is 0.233 e. The number of rotatable bonds is 1. The summed E-state index contributed by atoms with van der Waals surface area (Å²) in [6.07, 6.45) is 1.21. The van der Waals surface area contributed by atoms with Gasteiger partial charge in [-0.25, -0.2) is 14.4 Å². The fourth-order valence-corrected chi connectivity index (χ4v) is 1.51. The summed E-state index contributed by atoms with van der Waals surface area (Å²) < 4.78 is 13.5. The number of hydrogen-bond acceptors (Lipinski definition) is 2. The van der Waals surface area contributed by atoms with Crippen molar-refractivity contribution in [3.63, 3.8) is 0 Å². The second-order valence-corrected chi connectivity index (χ2v) is 3.63. The van der Waals surface area contributed by atoms with Crippen LogP contribution in [0.1, 0.15) is 0 Å². The fraction of sp³-hybridized carbons (Fsp3) is 0. The van der Waals surface area contributed by atoms with Crippen molar-refractivity contribution in [1.29, 1.82) is 0 Å². The molecule has 1 aromatic heterocycles. The van der Waals surface area contributed by atoms with Crippen LogP contribution in [0, 0.1) is 5.82 Å². The average molecular weight is 243 g/mol. The zero-order valence-electron chi connectivity index (χ0n) is 7.42. The smallest absolute Gasteiger partial charge is 0.186 e. The van der Waals surface area contributed by atoms with Crippen molar-refractivity contribution in [2.24, 2.45) is 0 Å². The Hall–Kier alpha value is -1.19. The first-order valence-electron chi connectivity index (χ1n) is 4.10. The van der Waals surface area contributed by atoms with Gasteiger partial charge >= 0.3 is 0 Å². The molecule has 0 aliphatic heterocycles. The molecular weight excluding hydrogens is 238 g/mol. The fourth-order valence-electron chi connectivity index (χ4n) is 1.19. The van der Waals surface area contributed by atoms with Gasteiger partial charge in [0, 0.05) is 10.6 Å². The van der Waals surface area contributed by atoms with E-state index in [1.54, 1.807) is 24.3 Å². The minimum absolute atomic E-state index is 0.150. The molecule has 1 aromatic carbocycles. The molecule has 2 aromatic rings. The van der Waals surface area contributed by atoms with Gasteiger partial charge in [0.1, 0.15) is 12.0 Å². The molecule has 0 N–H and O–H groups in total. The van der Waals surface area contributed by atoms with Crippen molar-refractivity contribution in [1.82, 2.24) is 9.97 Å². The van der Waals surface area contributed by atoms with Crippen molar-refractivity contribution in [3.8, 4) is 11.3 Å². The molecule has 0 amide bonds. The van der Waals surface area contributed by atoms with E-state index in [2.05, 4.69) is 9.97 Å². The van der Waals surface area contributed by atoms with Crippen LogP contribution >= 0.6 is 23.2 Å². The zero-order chi connectivity index (χ0) is 10.8. The molecule has 0 radical (unpaired) electrons. The number of benzene rings is 1. The summed E-state index contributed by atoms with van der Waals surface area (Å²) in [6.45, 7) is 0. The summed E-state index contributed by atoms with van der Waals surface area (Å²) in [6, 6.07) is 6.73. The van der Waals surface area contributed by atoms with Gasteiger partial charge in [-0.2, -0.15) is 0 Å². The van der Waals surface area contributed by atoms with Crippen LogP contribution in [-0.2, 0) is 0 Å². The van der Waals surface area contributed by atoms with E-state index in [9.17, 15) is 4.39 Å². The van der Waals surface area contributed by atoms with Crippen LogP contribution < -0.4 is 0 Å². The molecule has 0 saturated carbocycles. The van der Waals surface area contributed by atoms with Gasteiger partial charge in [0.05, 0.1) is 0 Å². The van der Waals surface area contributed by atoms with Crippen molar-refractivity contribution in [2.45, 2.75) is 0 Å². The molecule has 5 heteroatoms. The zero-order valence-corrected chi connectivity index (χ0v) is 8.93. The molecule has 15 heavy (non-hydrogen) atoms. The topological polar surface area (TPSA) is 25.8 Å². The standard InChI is InChI=1S/C10H5Cl2FN2/c11-7-3-1-2-6(4-7)9-8(13)10(12)15-5-14-9/h1-5H. The van der Waals surface area contributed by atoms with Crippen molar-refractivity contribution in [2.75, 3.05) is 0 Å². The summed E-state index contributed by atoms with van der Waals surface area (Å²) in [5.41, 5.74) is 0.724. The maximum atomic E-state index is 13.5. The van der Waals surface area contributed by atoms with Crippen LogP contribution in [0.3, 0.4) is 0 Å². The molecule has 2 rings (SSSR count). The maximum Gasteiger partial charge on any atom is 0.186 e. The van der Waals surface area contributed by atoms with E-state index in [4.69, 9.17) is 23.2 Å². The Morgan fingerprint density at radius 1 is 1.13 bits per heavy atom. The van der Waals surface area contributed by atoms with E-state index in [-0.39, 0.29) is 10.8 Å². The highest BCUT2D eigenvalue weighted by molar-refractivity contribution is 6.31. The van der Waals surface area contributed by atoms with Crippen LogP contribution in [0.2, 0.25) is 10.2 Å². The minimum atomic E-state index is -0.638. The lowest BCUT2D eigenvalue weighted by atomic mass is 10.1. The number of hydrogen-bond donors (Lipinski definition) is 0. The van der Waals surface area contributed by atoms with Crippen LogP contribution in [0.4, 0.5) is 4.39 Å². The van der Waals surface area contributed by atoms with Gasteiger partial charge in [0.25, 0.3) is 0 Å². The predicted octanol–water partition coefficient (Wildman–Crippen LogP) is 3.59. The van der Waals surface area contributed by atoms with Gasteiger partial charge in [-0.1, -0.05) is 35.3 Å². The van der Waals surface area contributed by atoms with E-state index in [1.807, 2.05) is 0 Å². The van der Waals surface area contributed by atoms with E-state index >= 15 is 0 Å². The van der Waals surface area contributed by atoms with Gasteiger partial charge < -0.3 is 0 Å². The number of aromatic nitrogens is 2. The molecule has 0 aliphatic rings. The molecule has 76 valence electrons. The second kappa shape index (κ2) is 4.13. The molecule has 0 fully saturated rings. The molecule has 0 saturated heterocycles. The van der Waals surface area contributed by atoms with Crippen LogP contribution in [0.15, 0.2) is 30.6 Å². The van der Waals surface area contributed by atoms with Gasteiger partial charge in [-0.05, 0) is 12.1 Å². The highest BCUT2D eigenvalue weighted by Gasteiger charge is 2.11. The van der Waals surface area contributed by atoms with Gasteiger partial charge in [-0.3, -0.25) is 0 Å². The van der Waals surface area contributed by atoms with E-state index in [0.29, 0.717) is 10.6 Å². The molecule has 0 aliphatic carbocycles. The van der Waals surface area contributed by atoms with E-state index in [1.165, 1.54) is 6.33 Å². The van der Waals surface area contributed by atoms with Crippen molar-refractivity contribution in [3.05, 3.63) is 46.6 Å². The predicted molar refractivity (Wildman–Crippen MR) is 57.4 cm³/mol. The quantitative estimate of drug-likeness (QED) is 0.715. The molecule has 0 bridgehead atoms. The molecule has 0 spiro atoms. The van der Waals surface area contributed by atoms with Crippen LogP contribution in [0.25, 0.3) is 11.3 Å². The van der Waals surface area contributed by atoms with E-state index < -0.39 is 5.82 Å². The third-order valence-electron chi connectivity index (χ3n) is 1.84. The summed E-state index contributed by atoms with van der Waals surface area (Å²) in [5.74, 6) is -0.638. The van der Waals surface area contributed by atoms with Crippen molar-refractivity contribution < 1.29 is 4.39 Å². The normalized spacial score (nSPS) is 10.3. The Morgan fingerprint density at radius 2 is 1.93 bits per heavy atom. The Bertz CT molecular complexity index is 503. The van der Waals surface area contributed by atoms with Gasteiger partial charge in [0.2, 0.25) is 0 Å². The highest BCUT2D eigenvalue weighted by Crippen LogP contribution is 2.25. The molecule has 2 nitrogen and oxygen atoms in total. The summed E-state index contributed by atoms with van der Waals surface area (Å²) in [5, 5.41) is 0.321. The van der Waals surface area contributed by atoms with Crippen LogP contribution in [0.5, 0.6) is 0 Å². The first kappa shape index (κ1) is 10.3. The summed E-state index contributed by atoms with van der Waals surface area (Å²) >= 11 is 11.3. The van der Waals surface area contributed by atoms with Crippen LogP contribution in [-0.4, -0.2) is 9.97 Å². The lowest BCUT2D eigenvalue weighted by Crippen LogP contribution is -1.92.